The van der Waals surface area contributed by atoms with E-state index in [9.17, 15) is 0 Å². The number of hydrogen-bond acceptors (Lipinski definition) is 1. The summed E-state index contributed by atoms with van der Waals surface area (Å²) in [4.78, 5) is 2.52. The van der Waals surface area contributed by atoms with E-state index in [1.807, 2.05) is 0 Å². The minimum atomic E-state index is -0.385. The topological polar surface area (TPSA) is 3.24 Å². The Morgan fingerprint density at radius 2 is 2.15 bits per heavy atom. The van der Waals surface area contributed by atoms with Crippen LogP contribution in [0.5, 0.6) is 0 Å². The highest BCUT2D eigenvalue weighted by Crippen LogP contribution is 2.53. The quantitative estimate of drug-likeness (QED) is 0.663. The Hall–Kier alpha value is 0.540. The summed E-state index contributed by atoms with van der Waals surface area (Å²) in [6.07, 6.45) is 3.66. The molecule has 0 aromatic heterocycles. The van der Waals surface area contributed by atoms with Crippen LogP contribution in [0.15, 0.2) is 0 Å². The molecule has 1 heterocycles. The summed E-state index contributed by atoms with van der Waals surface area (Å²) in [7, 11) is 0. The van der Waals surface area contributed by atoms with Crippen LogP contribution in [0, 0.1) is 11.8 Å². The molecule has 2 rings (SSSR count). The van der Waals surface area contributed by atoms with Gasteiger partial charge in [-0.05, 0) is 25.3 Å². The zero-order chi connectivity index (χ0) is 9.47. The van der Waals surface area contributed by atoms with Crippen LogP contribution >= 0.6 is 23.2 Å². The number of rotatable bonds is 3. The van der Waals surface area contributed by atoms with Crippen LogP contribution in [0.2, 0.25) is 0 Å². The Morgan fingerprint density at radius 3 is 2.62 bits per heavy atom. The standard InChI is InChI=1S/C10H17Cl2N/c1-2-8-3-4-13(6-8)7-9-5-10(9,11)12/h8-9H,2-7H2,1H3. The molecule has 2 atom stereocenters. The first-order valence-electron chi connectivity index (χ1n) is 5.22. The lowest BCUT2D eigenvalue weighted by atomic mass is 10.1. The first-order valence-corrected chi connectivity index (χ1v) is 5.97. The van der Waals surface area contributed by atoms with E-state index >= 15 is 0 Å². The monoisotopic (exact) mass is 221 g/mol. The minimum absolute atomic E-state index is 0.385. The Kier molecular flexibility index (Phi) is 2.79. The third-order valence-electron chi connectivity index (χ3n) is 3.38. The second-order valence-corrected chi connectivity index (χ2v) is 6.03. The normalized spacial score (nSPS) is 38.1. The van der Waals surface area contributed by atoms with E-state index < -0.39 is 0 Å². The van der Waals surface area contributed by atoms with Gasteiger partial charge >= 0.3 is 0 Å². The first-order chi connectivity index (χ1) is 6.12. The fourth-order valence-corrected chi connectivity index (χ4v) is 2.70. The maximum absolute atomic E-state index is 5.99. The molecule has 13 heavy (non-hydrogen) atoms. The zero-order valence-corrected chi connectivity index (χ0v) is 9.61. The maximum atomic E-state index is 5.99. The zero-order valence-electron chi connectivity index (χ0n) is 8.10. The molecule has 1 aliphatic carbocycles. The molecule has 0 bridgehead atoms. The SMILES string of the molecule is CCC1CCN(CC2CC2(Cl)Cl)C1. The van der Waals surface area contributed by atoms with Gasteiger partial charge in [0.2, 0.25) is 0 Å². The molecule has 1 saturated heterocycles. The number of likely N-dealkylation sites (tertiary alicyclic amines) is 1. The minimum Gasteiger partial charge on any atom is -0.303 e. The third-order valence-corrected chi connectivity index (χ3v) is 4.31. The lowest BCUT2D eigenvalue weighted by Crippen LogP contribution is -2.24. The summed E-state index contributed by atoms with van der Waals surface area (Å²) in [5, 5.41) is 0. The van der Waals surface area contributed by atoms with Gasteiger partial charge in [0.05, 0.1) is 0 Å². The van der Waals surface area contributed by atoms with Gasteiger partial charge in [-0.25, -0.2) is 0 Å². The van der Waals surface area contributed by atoms with Crippen molar-refractivity contribution in [1.29, 1.82) is 0 Å². The molecule has 0 radical (unpaired) electrons. The van der Waals surface area contributed by atoms with Crippen molar-refractivity contribution >= 4 is 23.2 Å². The average molecular weight is 222 g/mol. The fraction of sp³-hybridized carbons (Fsp3) is 1.00. The number of alkyl halides is 2. The molecule has 0 aromatic carbocycles. The van der Waals surface area contributed by atoms with Crippen molar-refractivity contribution in [2.75, 3.05) is 19.6 Å². The predicted molar refractivity (Wildman–Crippen MR) is 57.4 cm³/mol. The van der Waals surface area contributed by atoms with E-state index in [0.29, 0.717) is 5.92 Å². The van der Waals surface area contributed by atoms with Crippen molar-refractivity contribution in [3.05, 3.63) is 0 Å². The Balaban J connectivity index is 1.73. The lowest BCUT2D eigenvalue weighted by Gasteiger charge is -2.15. The molecule has 76 valence electrons. The van der Waals surface area contributed by atoms with Crippen molar-refractivity contribution in [2.45, 2.75) is 30.5 Å². The summed E-state index contributed by atoms with van der Waals surface area (Å²) in [5.74, 6) is 1.45. The van der Waals surface area contributed by atoms with Gasteiger partial charge in [-0.3, -0.25) is 0 Å². The van der Waals surface area contributed by atoms with E-state index in [2.05, 4.69) is 11.8 Å². The van der Waals surface area contributed by atoms with Gasteiger partial charge < -0.3 is 4.90 Å². The molecule has 2 fully saturated rings. The third kappa shape index (κ3) is 2.31. The second-order valence-electron chi connectivity index (χ2n) is 4.48. The van der Waals surface area contributed by atoms with Crippen LogP contribution in [0.1, 0.15) is 26.2 Å². The molecule has 2 unspecified atom stereocenters. The molecule has 1 aliphatic heterocycles. The van der Waals surface area contributed by atoms with Crippen molar-refractivity contribution in [3.8, 4) is 0 Å². The summed E-state index contributed by atoms with van der Waals surface area (Å²) >= 11 is 12.0. The van der Waals surface area contributed by atoms with Gasteiger partial charge in [-0.15, -0.1) is 23.2 Å². The molecule has 0 N–H and O–H groups in total. The van der Waals surface area contributed by atoms with Gasteiger partial charge in [-0.2, -0.15) is 0 Å². The van der Waals surface area contributed by atoms with E-state index in [0.717, 1.165) is 18.9 Å². The second kappa shape index (κ2) is 3.60. The van der Waals surface area contributed by atoms with Crippen molar-refractivity contribution in [2.24, 2.45) is 11.8 Å². The molecule has 0 spiro atoms. The highest BCUT2D eigenvalue weighted by Gasteiger charge is 2.52. The molecular weight excluding hydrogens is 205 g/mol. The van der Waals surface area contributed by atoms with E-state index in [1.54, 1.807) is 0 Å². The highest BCUT2D eigenvalue weighted by molar-refractivity contribution is 6.50. The number of halogens is 2. The van der Waals surface area contributed by atoms with Crippen LogP contribution in [-0.2, 0) is 0 Å². The van der Waals surface area contributed by atoms with Crippen molar-refractivity contribution in [3.63, 3.8) is 0 Å². The maximum Gasteiger partial charge on any atom is 0.122 e. The average Bonchev–Trinajstić information content (AvgIpc) is 2.48. The van der Waals surface area contributed by atoms with Crippen LogP contribution in [0.3, 0.4) is 0 Å². The van der Waals surface area contributed by atoms with Crippen LogP contribution in [0.25, 0.3) is 0 Å². The van der Waals surface area contributed by atoms with Crippen molar-refractivity contribution < 1.29 is 0 Å². The molecule has 0 amide bonds. The molecule has 0 aromatic rings. The van der Waals surface area contributed by atoms with E-state index in [4.69, 9.17) is 23.2 Å². The van der Waals surface area contributed by atoms with Gasteiger partial charge in [0.15, 0.2) is 0 Å². The number of nitrogens with zero attached hydrogens (tertiary/aromatic N) is 1. The first kappa shape index (κ1) is 10.1. The Bertz CT molecular complexity index is 193. The lowest BCUT2D eigenvalue weighted by molar-refractivity contribution is 0.309. The van der Waals surface area contributed by atoms with E-state index in [1.165, 1.54) is 25.9 Å². The molecule has 1 nitrogen and oxygen atoms in total. The number of hydrogen-bond donors (Lipinski definition) is 0. The molecule has 2 aliphatic rings. The van der Waals surface area contributed by atoms with Gasteiger partial charge in [0.25, 0.3) is 0 Å². The highest BCUT2D eigenvalue weighted by atomic mass is 35.5. The predicted octanol–water partition coefficient (Wildman–Crippen LogP) is 2.91. The van der Waals surface area contributed by atoms with Crippen LogP contribution in [0.4, 0.5) is 0 Å². The molecule has 1 saturated carbocycles. The van der Waals surface area contributed by atoms with Gasteiger partial charge in [0, 0.05) is 19.0 Å². The molecule has 3 heteroatoms. The van der Waals surface area contributed by atoms with Crippen LogP contribution < -0.4 is 0 Å². The summed E-state index contributed by atoms with van der Waals surface area (Å²) in [6, 6.07) is 0. The summed E-state index contributed by atoms with van der Waals surface area (Å²) in [6.45, 7) is 5.90. The van der Waals surface area contributed by atoms with E-state index in [-0.39, 0.29) is 4.33 Å². The summed E-state index contributed by atoms with van der Waals surface area (Å²) in [5.41, 5.74) is 0. The summed E-state index contributed by atoms with van der Waals surface area (Å²) < 4.78 is -0.385. The Labute approximate surface area is 90.4 Å². The smallest absolute Gasteiger partial charge is 0.122 e. The van der Waals surface area contributed by atoms with Crippen LogP contribution in [-0.4, -0.2) is 28.9 Å². The fourth-order valence-electron chi connectivity index (χ4n) is 2.19. The van der Waals surface area contributed by atoms with Crippen molar-refractivity contribution in [1.82, 2.24) is 4.90 Å². The van der Waals surface area contributed by atoms with Gasteiger partial charge in [0.1, 0.15) is 4.33 Å². The largest absolute Gasteiger partial charge is 0.303 e. The Morgan fingerprint density at radius 1 is 1.46 bits per heavy atom. The molecular formula is C10H17Cl2N. The van der Waals surface area contributed by atoms with Gasteiger partial charge in [-0.1, -0.05) is 13.3 Å².